The van der Waals surface area contributed by atoms with Crippen LogP contribution in [0, 0.1) is 0 Å². The quantitative estimate of drug-likeness (QED) is 0.654. The van der Waals surface area contributed by atoms with Crippen LogP contribution in [0.1, 0.15) is 29.4 Å². The first-order valence-corrected chi connectivity index (χ1v) is 8.56. The Labute approximate surface area is 142 Å². The molecule has 1 amide bonds. The third-order valence-electron chi connectivity index (χ3n) is 3.16. The van der Waals surface area contributed by atoms with Gasteiger partial charge in [0.15, 0.2) is 0 Å². The summed E-state index contributed by atoms with van der Waals surface area (Å²) in [6, 6.07) is 8.02. The topological polar surface area (TPSA) is 34.0 Å². The molecule has 0 unspecified atom stereocenters. The molecule has 1 fully saturated rings. The predicted molar refractivity (Wildman–Crippen MR) is 90.2 cm³/mol. The second kappa shape index (κ2) is 5.66. The molecule has 0 spiro atoms. The number of aromatic nitrogens is 1. The lowest BCUT2D eigenvalue weighted by atomic mass is 10.3. The lowest BCUT2D eigenvalue weighted by molar-refractivity contribution is 0.101. The van der Waals surface area contributed by atoms with E-state index < -0.39 is 0 Å². The molecule has 1 aromatic heterocycles. The van der Waals surface area contributed by atoms with Crippen LogP contribution in [-0.4, -0.2) is 10.5 Å². The monoisotopic (exact) mass is 460 g/mol. The van der Waals surface area contributed by atoms with Crippen molar-refractivity contribution < 1.29 is 4.79 Å². The summed E-state index contributed by atoms with van der Waals surface area (Å²) in [4.78, 5) is 12.5. The van der Waals surface area contributed by atoms with Gasteiger partial charge in [-0.25, -0.2) is 0 Å². The molecule has 1 aliphatic rings. The molecule has 0 saturated heterocycles. The number of hydrogen-bond acceptors (Lipinski definition) is 1. The first-order valence-electron chi connectivity index (χ1n) is 6.18. The highest BCUT2D eigenvalue weighted by Crippen LogP contribution is 2.37. The highest BCUT2D eigenvalue weighted by Gasteiger charge is 2.27. The number of nitrogens with zero attached hydrogens (tertiary/aromatic N) is 1. The number of anilines is 1. The Morgan fingerprint density at radius 3 is 2.60 bits per heavy atom. The summed E-state index contributed by atoms with van der Waals surface area (Å²) in [7, 11) is 0. The maximum absolute atomic E-state index is 12.5. The molecule has 0 radical (unpaired) electrons. The van der Waals surface area contributed by atoms with Crippen molar-refractivity contribution in [3.8, 4) is 0 Å². The van der Waals surface area contributed by atoms with Crippen LogP contribution in [0.15, 0.2) is 43.9 Å². The summed E-state index contributed by atoms with van der Waals surface area (Å²) in [6.45, 7) is 0. The van der Waals surface area contributed by atoms with Crippen molar-refractivity contribution in [2.24, 2.45) is 0 Å². The van der Waals surface area contributed by atoms with Crippen LogP contribution in [-0.2, 0) is 0 Å². The third-order valence-corrected chi connectivity index (χ3v) is 4.78. The fourth-order valence-corrected chi connectivity index (χ4v) is 3.21. The molecule has 0 atom stereocenters. The van der Waals surface area contributed by atoms with Crippen LogP contribution in [0.3, 0.4) is 0 Å². The number of hydrogen-bond donors (Lipinski definition) is 1. The molecule has 104 valence electrons. The van der Waals surface area contributed by atoms with Crippen molar-refractivity contribution in [2.45, 2.75) is 18.9 Å². The van der Waals surface area contributed by atoms with E-state index in [-0.39, 0.29) is 5.91 Å². The van der Waals surface area contributed by atoms with Crippen molar-refractivity contribution in [2.75, 3.05) is 5.32 Å². The molecular formula is C14H11Br3N2O. The van der Waals surface area contributed by atoms with Crippen LogP contribution in [0.4, 0.5) is 5.69 Å². The second-order valence-electron chi connectivity index (χ2n) is 4.76. The Bertz CT molecular complexity index is 677. The zero-order chi connectivity index (χ0) is 14.3. The van der Waals surface area contributed by atoms with Gasteiger partial charge in [-0.05, 0) is 69.0 Å². The number of carbonyl (C=O) groups excluding carboxylic acids is 1. The fraction of sp³-hybridized carbons (Fsp3) is 0.214. The minimum Gasteiger partial charge on any atom is -0.339 e. The molecular weight excluding hydrogens is 452 g/mol. The molecule has 3 nitrogen and oxygen atoms in total. The lowest BCUT2D eigenvalue weighted by Gasteiger charge is -2.10. The average Bonchev–Trinajstić information content (AvgIpc) is 3.17. The van der Waals surface area contributed by atoms with Gasteiger partial charge in [0.25, 0.3) is 5.91 Å². The first kappa shape index (κ1) is 14.4. The van der Waals surface area contributed by atoms with Crippen LogP contribution in [0.5, 0.6) is 0 Å². The standard InChI is InChI=1S/C14H11Br3N2O/c15-8-1-4-11(17)12(5-8)18-14(20)13-6-9(16)7-19(13)10-2-3-10/h1,4-7,10H,2-3H2,(H,18,20). The van der Waals surface area contributed by atoms with Crippen LogP contribution >= 0.6 is 47.8 Å². The number of rotatable bonds is 3. The summed E-state index contributed by atoms with van der Waals surface area (Å²) in [5.41, 5.74) is 1.44. The highest BCUT2D eigenvalue weighted by atomic mass is 79.9. The van der Waals surface area contributed by atoms with Gasteiger partial charge in [0.2, 0.25) is 0 Å². The van der Waals surface area contributed by atoms with Gasteiger partial charge in [0, 0.05) is 25.7 Å². The van der Waals surface area contributed by atoms with Gasteiger partial charge in [-0.3, -0.25) is 4.79 Å². The van der Waals surface area contributed by atoms with Gasteiger partial charge in [0.1, 0.15) is 5.69 Å². The average molecular weight is 463 g/mol. The minimum atomic E-state index is -0.0959. The van der Waals surface area contributed by atoms with Gasteiger partial charge in [-0.2, -0.15) is 0 Å². The first-order chi connectivity index (χ1) is 9.54. The maximum Gasteiger partial charge on any atom is 0.272 e. The highest BCUT2D eigenvalue weighted by molar-refractivity contribution is 9.11. The number of carbonyl (C=O) groups is 1. The van der Waals surface area contributed by atoms with Gasteiger partial charge in [-0.15, -0.1) is 0 Å². The summed E-state index contributed by atoms with van der Waals surface area (Å²) in [5, 5.41) is 2.95. The SMILES string of the molecule is O=C(Nc1cc(Br)ccc1Br)c1cc(Br)cn1C1CC1. The molecule has 1 heterocycles. The van der Waals surface area contributed by atoms with Crippen LogP contribution in [0.2, 0.25) is 0 Å². The van der Waals surface area contributed by atoms with Gasteiger partial charge in [0.05, 0.1) is 5.69 Å². The van der Waals surface area contributed by atoms with E-state index >= 15 is 0 Å². The number of amides is 1. The van der Waals surface area contributed by atoms with Crippen molar-refractivity contribution in [3.05, 3.63) is 49.6 Å². The van der Waals surface area contributed by atoms with E-state index in [4.69, 9.17) is 0 Å². The van der Waals surface area contributed by atoms with E-state index in [1.165, 1.54) is 0 Å². The van der Waals surface area contributed by atoms with Crippen molar-refractivity contribution in [3.63, 3.8) is 0 Å². The summed E-state index contributed by atoms with van der Waals surface area (Å²) < 4.78 is 4.76. The van der Waals surface area contributed by atoms with E-state index in [0.29, 0.717) is 11.7 Å². The molecule has 3 rings (SSSR count). The zero-order valence-corrected chi connectivity index (χ0v) is 15.1. The molecule has 6 heteroatoms. The van der Waals surface area contributed by atoms with Gasteiger partial charge >= 0.3 is 0 Å². The Morgan fingerprint density at radius 2 is 1.90 bits per heavy atom. The van der Waals surface area contributed by atoms with Crippen LogP contribution < -0.4 is 5.32 Å². The van der Waals surface area contributed by atoms with Crippen molar-refractivity contribution >= 4 is 59.4 Å². The van der Waals surface area contributed by atoms with Crippen molar-refractivity contribution in [1.82, 2.24) is 4.57 Å². The molecule has 1 aromatic carbocycles. The third kappa shape index (κ3) is 3.02. The van der Waals surface area contributed by atoms with Gasteiger partial charge < -0.3 is 9.88 Å². The Kier molecular flexibility index (Phi) is 4.06. The zero-order valence-electron chi connectivity index (χ0n) is 10.4. The maximum atomic E-state index is 12.5. The van der Waals surface area contributed by atoms with E-state index in [1.54, 1.807) is 0 Å². The number of benzene rings is 1. The molecule has 1 saturated carbocycles. The van der Waals surface area contributed by atoms with E-state index in [0.717, 1.165) is 31.9 Å². The number of halogens is 3. The minimum absolute atomic E-state index is 0.0959. The van der Waals surface area contributed by atoms with E-state index in [9.17, 15) is 4.79 Å². The van der Waals surface area contributed by atoms with E-state index in [2.05, 4.69) is 53.1 Å². The van der Waals surface area contributed by atoms with Crippen molar-refractivity contribution in [1.29, 1.82) is 0 Å². The predicted octanol–water partition coefficient (Wildman–Crippen LogP) is 5.36. The molecule has 0 bridgehead atoms. The Balaban J connectivity index is 1.87. The lowest BCUT2D eigenvalue weighted by Crippen LogP contribution is -2.16. The molecule has 1 aliphatic carbocycles. The largest absolute Gasteiger partial charge is 0.339 e. The molecule has 0 aliphatic heterocycles. The molecule has 2 aromatic rings. The molecule has 1 N–H and O–H groups in total. The van der Waals surface area contributed by atoms with Crippen LogP contribution in [0.25, 0.3) is 0 Å². The molecule has 20 heavy (non-hydrogen) atoms. The number of nitrogens with one attached hydrogen (secondary N) is 1. The summed E-state index contributed by atoms with van der Waals surface area (Å²) in [6.07, 6.45) is 4.26. The summed E-state index contributed by atoms with van der Waals surface area (Å²) in [5.74, 6) is -0.0959. The Morgan fingerprint density at radius 1 is 1.15 bits per heavy atom. The normalized spacial score (nSPS) is 14.3. The van der Waals surface area contributed by atoms with E-state index in [1.807, 2.05) is 35.0 Å². The second-order valence-corrected chi connectivity index (χ2v) is 7.45. The van der Waals surface area contributed by atoms with Gasteiger partial charge in [-0.1, -0.05) is 15.9 Å². The Hall–Kier alpha value is -0.590. The fourth-order valence-electron chi connectivity index (χ4n) is 2.06. The summed E-state index contributed by atoms with van der Waals surface area (Å²) >= 11 is 10.3. The smallest absolute Gasteiger partial charge is 0.272 e.